The van der Waals surface area contributed by atoms with Crippen LogP contribution in [0.1, 0.15) is 59.2 Å². The van der Waals surface area contributed by atoms with Crippen molar-refractivity contribution in [3.63, 3.8) is 0 Å². The van der Waals surface area contributed by atoms with Gasteiger partial charge in [-0.15, -0.1) is 0 Å². The van der Waals surface area contributed by atoms with Gasteiger partial charge in [0.1, 0.15) is 12.1 Å². The maximum atomic E-state index is 13.5. The van der Waals surface area contributed by atoms with Gasteiger partial charge in [0.2, 0.25) is 5.88 Å². The third-order valence-corrected chi connectivity index (χ3v) is 6.83. The molecular formula is C27H31F3N6O4. The highest BCUT2D eigenvalue weighted by Crippen LogP contribution is 2.42. The Balaban J connectivity index is 1.71. The predicted octanol–water partition coefficient (Wildman–Crippen LogP) is 4.01. The number of alkyl halides is 3. The van der Waals surface area contributed by atoms with Gasteiger partial charge in [-0.25, -0.2) is 9.97 Å². The molecule has 0 radical (unpaired) electrons. The van der Waals surface area contributed by atoms with Crippen LogP contribution in [0.5, 0.6) is 5.88 Å². The van der Waals surface area contributed by atoms with E-state index in [4.69, 9.17) is 14.5 Å². The van der Waals surface area contributed by atoms with Gasteiger partial charge in [-0.3, -0.25) is 19.5 Å². The number of hydrogen-bond acceptors (Lipinski definition) is 8. The number of aryl methyl sites for hydroxylation is 1. The summed E-state index contributed by atoms with van der Waals surface area (Å²) in [5.41, 5.74) is 1.88. The number of fused-ring (bicyclic) bond motifs is 1. The average molecular weight is 561 g/mol. The third-order valence-electron chi connectivity index (χ3n) is 6.83. The van der Waals surface area contributed by atoms with Crippen molar-refractivity contribution in [1.82, 2.24) is 25.2 Å². The van der Waals surface area contributed by atoms with E-state index in [0.29, 0.717) is 52.7 Å². The fourth-order valence-corrected chi connectivity index (χ4v) is 5.03. The molecule has 1 N–H and O–H groups in total. The van der Waals surface area contributed by atoms with Crippen LogP contribution >= 0.6 is 0 Å². The van der Waals surface area contributed by atoms with Crippen LogP contribution < -0.4 is 10.1 Å². The Labute approximate surface area is 229 Å². The van der Waals surface area contributed by atoms with Gasteiger partial charge in [0, 0.05) is 37.0 Å². The first kappa shape index (κ1) is 29.0. The Bertz CT molecular complexity index is 1370. The Hall–Kier alpha value is -4.00. The van der Waals surface area contributed by atoms with Gasteiger partial charge in [0.15, 0.2) is 0 Å². The topological polar surface area (TPSA) is 109 Å². The zero-order valence-electron chi connectivity index (χ0n) is 22.9. The summed E-state index contributed by atoms with van der Waals surface area (Å²) in [6, 6.07) is 3.23. The van der Waals surface area contributed by atoms with E-state index < -0.39 is 24.2 Å². The first-order chi connectivity index (χ1) is 18.8. The lowest BCUT2D eigenvalue weighted by atomic mass is 9.95. The Morgan fingerprint density at radius 3 is 2.73 bits per heavy atom. The highest BCUT2D eigenvalue weighted by atomic mass is 19.4. The Kier molecular flexibility index (Phi) is 7.88. The molecule has 2 aromatic heterocycles. The van der Waals surface area contributed by atoms with E-state index >= 15 is 0 Å². The minimum atomic E-state index is -4.51. The van der Waals surface area contributed by atoms with Crippen molar-refractivity contribution in [3.8, 4) is 17.1 Å². The summed E-state index contributed by atoms with van der Waals surface area (Å²) >= 11 is 0. The number of rotatable bonds is 8. The first-order valence-corrected chi connectivity index (χ1v) is 12.5. The van der Waals surface area contributed by atoms with Crippen molar-refractivity contribution in [1.29, 1.82) is 0 Å². The molecule has 4 heterocycles. The summed E-state index contributed by atoms with van der Waals surface area (Å²) in [7, 11) is 1.42. The number of ether oxygens (including phenoxy) is 2. The molecule has 0 spiro atoms. The van der Waals surface area contributed by atoms with Gasteiger partial charge in [-0.1, -0.05) is 0 Å². The first-order valence-electron chi connectivity index (χ1n) is 12.5. The number of hydrazone groups is 1. The number of carbonyl (C=O) groups is 2. The van der Waals surface area contributed by atoms with E-state index in [-0.39, 0.29) is 29.1 Å². The molecule has 2 aliphatic heterocycles. The molecular weight excluding hydrogens is 529 g/mol. The molecule has 1 fully saturated rings. The number of nitrogens with zero attached hydrogens (tertiary/aromatic N) is 5. The highest BCUT2D eigenvalue weighted by molar-refractivity contribution is 6.02. The number of hydrogen-bond donors (Lipinski definition) is 1. The third kappa shape index (κ3) is 5.64. The summed E-state index contributed by atoms with van der Waals surface area (Å²) < 4.78 is 49.5. The van der Waals surface area contributed by atoms with Crippen LogP contribution in [0.4, 0.5) is 13.2 Å². The number of halogens is 3. The zero-order chi connectivity index (χ0) is 29.4. The summed E-state index contributed by atoms with van der Waals surface area (Å²) in [5.74, 6) is -0.603. The summed E-state index contributed by atoms with van der Waals surface area (Å²) in [6.07, 6.45) is -1.14. The second-order valence-corrected chi connectivity index (χ2v) is 10.2. The van der Waals surface area contributed by atoms with E-state index in [0.717, 1.165) is 6.20 Å². The van der Waals surface area contributed by atoms with Crippen LogP contribution in [-0.2, 0) is 10.3 Å². The quantitative estimate of drug-likeness (QED) is 0.384. The van der Waals surface area contributed by atoms with Crippen molar-refractivity contribution in [2.75, 3.05) is 26.9 Å². The van der Waals surface area contributed by atoms with Gasteiger partial charge in [0.05, 0.1) is 42.2 Å². The van der Waals surface area contributed by atoms with Crippen LogP contribution in [0.2, 0.25) is 0 Å². The maximum absolute atomic E-state index is 13.5. The largest absolute Gasteiger partial charge is 0.480 e. The van der Waals surface area contributed by atoms with Crippen molar-refractivity contribution < 1.29 is 32.2 Å². The van der Waals surface area contributed by atoms with E-state index in [1.54, 1.807) is 32.9 Å². The molecule has 2 aliphatic rings. The minimum absolute atomic E-state index is 0.112. The fraction of sp³-hybridized carbons (Fsp3) is 0.444. The van der Waals surface area contributed by atoms with Gasteiger partial charge in [-0.2, -0.15) is 18.3 Å². The predicted molar refractivity (Wildman–Crippen MR) is 141 cm³/mol. The van der Waals surface area contributed by atoms with Crippen LogP contribution in [0, 0.1) is 6.92 Å². The molecule has 0 aromatic carbocycles. The SMILES string of the molecule is C=NN(/C=C(\C)N1C(=O)c2c(C)cc(-c3cnc(OC)c(C(=O)N[C@@H]4CCOC4)c3)nc2C1(C)C)CC(F)(F)F. The number of methoxy groups -OCH3 is 1. The summed E-state index contributed by atoms with van der Waals surface area (Å²) in [4.78, 5) is 37.0. The number of carbonyl (C=O) groups excluding carboxylic acids is 2. The smallest absolute Gasteiger partial charge is 0.408 e. The van der Waals surface area contributed by atoms with Gasteiger partial charge in [0.25, 0.3) is 11.8 Å². The Morgan fingerprint density at radius 1 is 1.40 bits per heavy atom. The zero-order valence-corrected chi connectivity index (χ0v) is 22.9. The number of aromatic nitrogens is 2. The number of allylic oxidation sites excluding steroid dienone is 1. The molecule has 0 saturated carbocycles. The molecule has 2 aromatic rings. The van der Waals surface area contributed by atoms with Gasteiger partial charge < -0.3 is 14.8 Å². The molecule has 40 heavy (non-hydrogen) atoms. The number of nitrogens with one attached hydrogen (secondary N) is 1. The van der Waals surface area contributed by atoms with Crippen molar-refractivity contribution in [2.24, 2.45) is 5.10 Å². The molecule has 1 saturated heterocycles. The Morgan fingerprint density at radius 2 is 2.12 bits per heavy atom. The number of amides is 2. The molecule has 1 atom stereocenters. The maximum Gasteiger partial charge on any atom is 0.408 e. The van der Waals surface area contributed by atoms with Gasteiger partial charge in [-0.05, 0) is 51.8 Å². The van der Waals surface area contributed by atoms with Crippen molar-refractivity contribution in [3.05, 3.63) is 52.6 Å². The monoisotopic (exact) mass is 560 g/mol. The lowest BCUT2D eigenvalue weighted by molar-refractivity contribution is -0.140. The average Bonchev–Trinajstić information content (AvgIpc) is 3.46. The van der Waals surface area contributed by atoms with E-state index in [9.17, 15) is 22.8 Å². The molecule has 2 amide bonds. The normalized spacial score (nSPS) is 18.5. The van der Waals surface area contributed by atoms with Crippen LogP contribution in [-0.4, -0.2) is 77.5 Å². The lowest BCUT2D eigenvalue weighted by Crippen LogP contribution is -2.39. The number of pyridine rings is 2. The van der Waals surface area contributed by atoms with Crippen LogP contribution in [0.25, 0.3) is 11.3 Å². The second-order valence-electron chi connectivity index (χ2n) is 10.2. The molecule has 214 valence electrons. The molecule has 0 unspecified atom stereocenters. The van der Waals surface area contributed by atoms with E-state index in [1.165, 1.54) is 25.1 Å². The highest BCUT2D eigenvalue weighted by Gasteiger charge is 2.46. The summed E-state index contributed by atoms with van der Waals surface area (Å²) in [5, 5.41) is 6.99. The lowest BCUT2D eigenvalue weighted by Gasteiger charge is -2.33. The van der Waals surface area contributed by atoms with Crippen LogP contribution in [0.3, 0.4) is 0 Å². The van der Waals surface area contributed by atoms with E-state index in [1.807, 2.05) is 0 Å². The van der Waals surface area contributed by atoms with E-state index in [2.05, 4.69) is 22.1 Å². The molecule has 13 heteroatoms. The van der Waals surface area contributed by atoms with Crippen LogP contribution in [0.15, 0.2) is 35.3 Å². The van der Waals surface area contributed by atoms with Crippen molar-refractivity contribution in [2.45, 2.75) is 51.9 Å². The standard InChI is InChI=1S/C27H31F3N6O4/c1-15-9-20(17-10-19(24(39-6)32-11-17)23(37)33-18-7-8-40-13-18)34-22-21(15)25(38)36(26(22,3)4)16(2)12-35(31-5)14-27(28,29)30/h9-12,18H,5,7-8,13-14H2,1-4,6H3,(H,33,37)/b16-12+/t18-/m1/s1. The molecule has 0 aliphatic carbocycles. The fourth-order valence-electron chi connectivity index (χ4n) is 5.03. The minimum Gasteiger partial charge on any atom is -0.480 e. The van der Waals surface area contributed by atoms with Crippen molar-refractivity contribution >= 4 is 18.5 Å². The molecule has 4 rings (SSSR count). The molecule has 10 nitrogen and oxygen atoms in total. The van der Waals surface area contributed by atoms with Gasteiger partial charge >= 0.3 is 6.18 Å². The second kappa shape index (κ2) is 10.9. The molecule has 0 bridgehead atoms. The summed E-state index contributed by atoms with van der Waals surface area (Å²) in [6.45, 7) is 9.66.